The van der Waals surface area contributed by atoms with E-state index in [1.54, 1.807) is 25.1 Å². The fourth-order valence-corrected chi connectivity index (χ4v) is 1.06. The Kier molecular flexibility index (Phi) is 3.79. The van der Waals surface area contributed by atoms with Crippen LogP contribution >= 0.6 is 0 Å². The average Bonchev–Trinajstić information content (AvgIpc) is 2.17. The van der Waals surface area contributed by atoms with Crippen molar-refractivity contribution < 1.29 is 9.59 Å². The number of hydrogen-bond acceptors (Lipinski definition) is 3. The molecule has 1 aromatic rings. The fourth-order valence-electron chi connectivity index (χ4n) is 1.06. The summed E-state index contributed by atoms with van der Waals surface area (Å²) in [5.41, 5.74) is 6.06. The summed E-state index contributed by atoms with van der Waals surface area (Å²) in [5.74, 6) is -0.729. The maximum atomic E-state index is 11.5. The number of carbonyl (C=O) groups excluding carboxylic acids is 2. The largest absolute Gasteiger partial charge is 0.370 e. The molecule has 0 aliphatic heterocycles. The lowest BCUT2D eigenvalue weighted by Crippen LogP contribution is -2.28. The Morgan fingerprint density at radius 1 is 1.47 bits per heavy atom. The molecule has 0 atom stereocenters. The molecule has 15 heavy (non-hydrogen) atoms. The second-order valence-corrected chi connectivity index (χ2v) is 3.14. The second-order valence-electron chi connectivity index (χ2n) is 3.14. The number of nitrogens with two attached hydrogens (primary N) is 1. The predicted molar refractivity (Wildman–Crippen MR) is 55.1 cm³/mol. The van der Waals surface area contributed by atoms with Crippen molar-refractivity contribution in [3.8, 4) is 0 Å². The molecule has 1 aromatic heterocycles. The van der Waals surface area contributed by atoms with Crippen molar-refractivity contribution >= 4 is 11.8 Å². The minimum atomic E-state index is -0.437. The molecule has 5 nitrogen and oxygen atoms in total. The molecule has 0 aliphatic rings. The number of aryl methyl sites for hydroxylation is 1. The number of hydrogen-bond donors (Lipinski definition) is 2. The Bertz CT molecular complexity index is 377. The standard InChI is InChI=1S/C10H13N3O2/c1-7-3-2-4-8(13-7)10(15)12-6-5-9(11)14/h2-4H,5-6H2,1H3,(H2,11,14)(H,12,15). The Morgan fingerprint density at radius 2 is 2.20 bits per heavy atom. The first kappa shape index (κ1) is 11.2. The molecular formula is C10H13N3O2. The number of nitrogens with zero attached hydrogens (tertiary/aromatic N) is 1. The lowest BCUT2D eigenvalue weighted by molar-refractivity contribution is -0.117. The number of carbonyl (C=O) groups is 2. The number of rotatable bonds is 4. The van der Waals surface area contributed by atoms with Crippen LogP contribution in [0.4, 0.5) is 0 Å². The van der Waals surface area contributed by atoms with E-state index in [-0.39, 0.29) is 18.9 Å². The zero-order valence-corrected chi connectivity index (χ0v) is 8.49. The molecule has 5 heteroatoms. The minimum Gasteiger partial charge on any atom is -0.370 e. The molecule has 80 valence electrons. The molecule has 0 aliphatic carbocycles. The third-order valence-electron chi connectivity index (χ3n) is 1.78. The molecule has 0 saturated carbocycles. The van der Waals surface area contributed by atoms with Gasteiger partial charge in [-0.15, -0.1) is 0 Å². The Labute approximate surface area is 87.7 Å². The Hall–Kier alpha value is -1.91. The maximum absolute atomic E-state index is 11.5. The summed E-state index contributed by atoms with van der Waals surface area (Å²) in [6.45, 7) is 2.05. The Balaban J connectivity index is 2.50. The second kappa shape index (κ2) is 5.09. The highest BCUT2D eigenvalue weighted by Gasteiger charge is 2.06. The van der Waals surface area contributed by atoms with E-state index in [0.29, 0.717) is 5.69 Å². The van der Waals surface area contributed by atoms with E-state index in [4.69, 9.17) is 5.73 Å². The van der Waals surface area contributed by atoms with E-state index in [2.05, 4.69) is 10.3 Å². The van der Waals surface area contributed by atoms with Gasteiger partial charge in [-0.1, -0.05) is 6.07 Å². The smallest absolute Gasteiger partial charge is 0.269 e. The highest BCUT2D eigenvalue weighted by molar-refractivity contribution is 5.92. The van der Waals surface area contributed by atoms with Crippen LogP contribution in [-0.2, 0) is 4.79 Å². The number of nitrogens with one attached hydrogen (secondary N) is 1. The van der Waals surface area contributed by atoms with Crippen LogP contribution in [-0.4, -0.2) is 23.3 Å². The van der Waals surface area contributed by atoms with Crippen molar-refractivity contribution in [2.75, 3.05) is 6.54 Å². The molecule has 3 N–H and O–H groups in total. The third-order valence-corrected chi connectivity index (χ3v) is 1.78. The lowest BCUT2D eigenvalue weighted by Gasteiger charge is -2.03. The van der Waals surface area contributed by atoms with Crippen LogP contribution in [0.25, 0.3) is 0 Å². The van der Waals surface area contributed by atoms with Gasteiger partial charge in [0.05, 0.1) is 0 Å². The van der Waals surface area contributed by atoms with E-state index < -0.39 is 5.91 Å². The van der Waals surface area contributed by atoms with Gasteiger partial charge in [-0.2, -0.15) is 0 Å². The maximum Gasteiger partial charge on any atom is 0.269 e. The van der Waals surface area contributed by atoms with Gasteiger partial charge in [0.1, 0.15) is 5.69 Å². The van der Waals surface area contributed by atoms with Crippen molar-refractivity contribution in [3.63, 3.8) is 0 Å². The van der Waals surface area contributed by atoms with Gasteiger partial charge in [-0.05, 0) is 19.1 Å². The molecule has 0 saturated heterocycles. The van der Waals surface area contributed by atoms with Gasteiger partial charge in [-0.25, -0.2) is 4.98 Å². The zero-order chi connectivity index (χ0) is 11.3. The minimum absolute atomic E-state index is 0.136. The monoisotopic (exact) mass is 207 g/mol. The number of aromatic nitrogens is 1. The van der Waals surface area contributed by atoms with Crippen LogP contribution < -0.4 is 11.1 Å². The average molecular weight is 207 g/mol. The lowest BCUT2D eigenvalue weighted by atomic mass is 10.3. The molecule has 0 unspecified atom stereocenters. The van der Waals surface area contributed by atoms with Gasteiger partial charge in [0.25, 0.3) is 5.91 Å². The van der Waals surface area contributed by atoms with Gasteiger partial charge in [-0.3, -0.25) is 9.59 Å². The van der Waals surface area contributed by atoms with Crippen LogP contribution in [0, 0.1) is 6.92 Å². The molecule has 0 bridgehead atoms. The van der Waals surface area contributed by atoms with E-state index in [0.717, 1.165) is 5.69 Å². The van der Waals surface area contributed by atoms with E-state index in [1.165, 1.54) is 0 Å². The number of amides is 2. The molecule has 0 aromatic carbocycles. The summed E-state index contributed by atoms with van der Waals surface area (Å²) >= 11 is 0. The van der Waals surface area contributed by atoms with Crippen LogP contribution in [0.1, 0.15) is 22.6 Å². The molecular weight excluding hydrogens is 194 g/mol. The first-order valence-corrected chi connectivity index (χ1v) is 4.60. The summed E-state index contributed by atoms with van der Waals surface area (Å²) in [5, 5.41) is 2.56. The summed E-state index contributed by atoms with van der Waals surface area (Å²) in [4.78, 5) is 25.9. The normalized spacial score (nSPS) is 9.67. The van der Waals surface area contributed by atoms with Crippen molar-refractivity contribution in [1.29, 1.82) is 0 Å². The molecule has 1 rings (SSSR count). The van der Waals surface area contributed by atoms with Crippen molar-refractivity contribution in [3.05, 3.63) is 29.6 Å². The van der Waals surface area contributed by atoms with Crippen molar-refractivity contribution in [2.45, 2.75) is 13.3 Å². The SMILES string of the molecule is Cc1cccc(C(=O)NCCC(N)=O)n1. The molecule has 2 amide bonds. The van der Waals surface area contributed by atoms with Crippen LogP contribution in [0.15, 0.2) is 18.2 Å². The molecule has 0 fully saturated rings. The molecule has 0 radical (unpaired) electrons. The third kappa shape index (κ3) is 3.76. The van der Waals surface area contributed by atoms with Crippen LogP contribution in [0.2, 0.25) is 0 Å². The van der Waals surface area contributed by atoms with Crippen molar-refractivity contribution in [2.24, 2.45) is 5.73 Å². The highest BCUT2D eigenvalue weighted by atomic mass is 16.2. The zero-order valence-electron chi connectivity index (χ0n) is 8.49. The van der Waals surface area contributed by atoms with Crippen LogP contribution in [0.5, 0.6) is 0 Å². The molecule has 1 heterocycles. The van der Waals surface area contributed by atoms with Crippen LogP contribution in [0.3, 0.4) is 0 Å². The fraction of sp³-hybridized carbons (Fsp3) is 0.300. The van der Waals surface area contributed by atoms with Gasteiger partial charge >= 0.3 is 0 Å². The van der Waals surface area contributed by atoms with E-state index in [9.17, 15) is 9.59 Å². The van der Waals surface area contributed by atoms with E-state index >= 15 is 0 Å². The van der Waals surface area contributed by atoms with E-state index in [1.807, 2.05) is 0 Å². The Morgan fingerprint density at radius 3 is 2.80 bits per heavy atom. The number of primary amides is 1. The van der Waals surface area contributed by atoms with Gasteiger partial charge in [0, 0.05) is 18.7 Å². The summed E-state index contributed by atoms with van der Waals surface area (Å²) in [7, 11) is 0. The van der Waals surface area contributed by atoms with Gasteiger partial charge in [0.15, 0.2) is 0 Å². The predicted octanol–water partition coefficient (Wildman–Crippen LogP) is -0.00478. The number of pyridine rings is 1. The summed E-state index contributed by atoms with van der Waals surface area (Å²) in [6.07, 6.45) is 0.136. The summed E-state index contributed by atoms with van der Waals surface area (Å²) < 4.78 is 0. The van der Waals surface area contributed by atoms with Gasteiger partial charge in [0.2, 0.25) is 5.91 Å². The van der Waals surface area contributed by atoms with Gasteiger partial charge < -0.3 is 11.1 Å². The summed E-state index contributed by atoms with van der Waals surface area (Å²) in [6, 6.07) is 5.18. The molecule has 0 spiro atoms. The topological polar surface area (TPSA) is 85.1 Å². The van der Waals surface area contributed by atoms with Crippen molar-refractivity contribution in [1.82, 2.24) is 10.3 Å². The first-order chi connectivity index (χ1) is 7.09. The quantitative estimate of drug-likeness (QED) is 0.728. The first-order valence-electron chi connectivity index (χ1n) is 4.60. The highest BCUT2D eigenvalue weighted by Crippen LogP contribution is 1.97.